The van der Waals surface area contributed by atoms with Gasteiger partial charge in [0.1, 0.15) is 0 Å². The molecule has 0 fully saturated rings. The topological polar surface area (TPSA) is 60.2 Å². The van der Waals surface area contributed by atoms with Gasteiger partial charge in [0.05, 0.1) is 10.6 Å². The Hall–Kier alpha value is -0.880. The van der Waals surface area contributed by atoms with Crippen molar-refractivity contribution in [3.63, 3.8) is 0 Å². The van der Waals surface area contributed by atoms with Crippen molar-refractivity contribution in [3.8, 4) is 0 Å². The maximum absolute atomic E-state index is 12.2. The van der Waals surface area contributed by atoms with E-state index in [-0.39, 0.29) is 10.6 Å². The van der Waals surface area contributed by atoms with Crippen LogP contribution in [0.1, 0.15) is 0 Å². The number of hydrogen-bond acceptors (Lipinski definition) is 4. The summed E-state index contributed by atoms with van der Waals surface area (Å²) in [6.45, 7) is 0. The van der Waals surface area contributed by atoms with Crippen LogP contribution in [0.15, 0.2) is 52.3 Å². The first-order valence-electron chi connectivity index (χ1n) is 6.04. The van der Waals surface area contributed by atoms with Crippen molar-refractivity contribution in [2.75, 3.05) is 17.2 Å². The molecule has 0 atom stereocenters. The van der Waals surface area contributed by atoms with Gasteiger partial charge in [0.2, 0.25) is 0 Å². The van der Waals surface area contributed by atoms with Crippen LogP contribution in [0, 0.1) is 0 Å². The number of rotatable bonds is 5. The molecule has 0 aliphatic rings. The number of anilines is 1. The van der Waals surface area contributed by atoms with E-state index < -0.39 is 9.84 Å². The van der Waals surface area contributed by atoms with E-state index in [1.165, 1.54) is 23.9 Å². The summed E-state index contributed by atoms with van der Waals surface area (Å²) in [6.07, 6.45) is 0. The summed E-state index contributed by atoms with van der Waals surface area (Å²) < 4.78 is 24.3. The Kier molecular flexibility index (Phi) is 5.43. The van der Waals surface area contributed by atoms with Crippen LogP contribution in [0.2, 0.25) is 10.0 Å². The van der Waals surface area contributed by atoms with E-state index in [0.717, 1.165) is 4.90 Å². The first kappa shape index (κ1) is 16.5. The number of sulfone groups is 1. The number of nitrogens with two attached hydrogens (primary N) is 1. The monoisotopic (exact) mass is 361 g/mol. The molecule has 0 spiro atoms. The fourth-order valence-electron chi connectivity index (χ4n) is 1.67. The normalized spacial score (nSPS) is 11.5. The van der Waals surface area contributed by atoms with Gasteiger partial charge in [-0.2, -0.15) is 0 Å². The quantitative estimate of drug-likeness (QED) is 0.641. The molecule has 0 saturated heterocycles. The molecule has 0 aliphatic carbocycles. The third kappa shape index (κ3) is 4.54. The van der Waals surface area contributed by atoms with Gasteiger partial charge in [-0.1, -0.05) is 23.2 Å². The zero-order chi connectivity index (χ0) is 15.5. The highest BCUT2D eigenvalue weighted by Gasteiger charge is 2.14. The molecule has 0 heterocycles. The lowest BCUT2D eigenvalue weighted by Gasteiger charge is -2.07. The average molecular weight is 362 g/mol. The third-order valence-corrected chi connectivity index (χ3v) is 6.32. The van der Waals surface area contributed by atoms with Gasteiger partial charge >= 0.3 is 0 Å². The van der Waals surface area contributed by atoms with Crippen LogP contribution in [0.4, 0.5) is 5.69 Å². The molecular formula is C14H13Cl2NO2S2. The van der Waals surface area contributed by atoms with Crippen LogP contribution < -0.4 is 5.73 Å². The summed E-state index contributed by atoms with van der Waals surface area (Å²) in [6, 6.07) is 11.3. The Morgan fingerprint density at radius 1 is 1.00 bits per heavy atom. The van der Waals surface area contributed by atoms with Gasteiger partial charge in [-0.05, 0) is 42.5 Å². The number of thioether (sulfide) groups is 1. The van der Waals surface area contributed by atoms with Gasteiger partial charge in [0, 0.05) is 26.4 Å². The fourth-order valence-corrected chi connectivity index (χ4v) is 4.59. The summed E-state index contributed by atoms with van der Waals surface area (Å²) >= 11 is 13.0. The van der Waals surface area contributed by atoms with Crippen LogP contribution in [-0.4, -0.2) is 19.9 Å². The molecule has 7 heteroatoms. The highest BCUT2D eigenvalue weighted by atomic mass is 35.5. The molecular weight excluding hydrogens is 349 g/mol. The van der Waals surface area contributed by atoms with Crippen LogP contribution >= 0.6 is 35.0 Å². The van der Waals surface area contributed by atoms with Crippen LogP contribution in [0.3, 0.4) is 0 Å². The zero-order valence-corrected chi connectivity index (χ0v) is 14.1. The molecule has 0 amide bonds. The van der Waals surface area contributed by atoms with E-state index in [1.807, 2.05) is 0 Å². The molecule has 2 rings (SSSR count). The lowest BCUT2D eigenvalue weighted by molar-refractivity contribution is 0.597. The smallest absolute Gasteiger partial charge is 0.179 e. The van der Waals surface area contributed by atoms with E-state index in [2.05, 4.69) is 0 Å². The second-order valence-corrected chi connectivity index (χ2v) is 8.42. The van der Waals surface area contributed by atoms with E-state index in [9.17, 15) is 8.42 Å². The van der Waals surface area contributed by atoms with Gasteiger partial charge in [-0.15, -0.1) is 11.8 Å². The SMILES string of the molecule is Nc1cc(Cl)ccc1SCCS(=O)(=O)c1ccc(Cl)cc1. The predicted molar refractivity (Wildman–Crippen MR) is 90.1 cm³/mol. The number of benzene rings is 2. The van der Waals surface area contributed by atoms with Crippen LogP contribution in [0.5, 0.6) is 0 Å². The van der Waals surface area contributed by atoms with Crippen LogP contribution in [0.25, 0.3) is 0 Å². The van der Waals surface area contributed by atoms with Gasteiger partial charge in [0.25, 0.3) is 0 Å². The zero-order valence-electron chi connectivity index (χ0n) is 10.9. The first-order valence-corrected chi connectivity index (χ1v) is 9.44. The Morgan fingerprint density at radius 2 is 1.62 bits per heavy atom. The molecule has 0 aliphatic heterocycles. The lowest BCUT2D eigenvalue weighted by Crippen LogP contribution is -2.08. The van der Waals surface area contributed by atoms with Gasteiger partial charge in [-0.25, -0.2) is 8.42 Å². The predicted octanol–water partition coefficient (Wildman–Crippen LogP) is 4.14. The van der Waals surface area contributed by atoms with Crippen molar-refractivity contribution >= 4 is 50.5 Å². The number of nitrogen functional groups attached to an aromatic ring is 1. The van der Waals surface area contributed by atoms with E-state index in [0.29, 0.717) is 21.5 Å². The Balaban J connectivity index is 2.00. The molecule has 2 N–H and O–H groups in total. The number of hydrogen-bond donors (Lipinski definition) is 1. The second-order valence-electron chi connectivity index (χ2n) is 4.30. The summed E-state index contributed by atoms with van der Waals surface area (Å²) in [5.41, 5.74) is 6.38. The van der Waals surface area contributed by atoms with E-state index >= 15 is 0 Å². The highest BCUT2D eigenvalue weighted by Crippen LogP contribution is 2.28. The van der Waals surface area contributed by atoms with Crippen molar-refractivity contribution < 1.29 is 8.42 Å². The van der Waals surface area contributed by atoms with Crippen molar-refractivity contribution in [1.29, 1.82) is 0 Å². The Labute approximate surface area is 138 Å². The van der Waals surface area contributed by atoms with Gasteiger partial charge in [-0.3, -0.25) is 0 Å². The molecule has 0 aromatic heterocycles. The number of halogens is 2. The molecule has 0 saturated carbocycles. The minimum absolute atomic E-state index is 0.0291. The largest absolute Gasteiger partial charge is 0.398 e. The van der Waals surface area contributed by atoms with Crippen molar-refractivity contribution in [2.24, 2.45) is 0 Å². The molecule has 2 aromatic carbocycles. The van der Waals surface area contributed by atoms with Crippen molar-refractivity contribution in [1.82, 2.24) is 0 Å². The fraction of sp³-hybridized carbons (Fsp3) is 0.143. The summed E-state index contributed by atoms with van der Waals surface area (Å²) in [5.74, 6) is 0.443. The molecule has 2 aromatic rings. The molecule has 0 bridgehead atoms. The highest BCUT2D eigenvalue weighted by molar-refractivity contribution is 8.00. The maximum Gasteiger partial charge on any atom is 0.179 e. The Bertz CT molecular complexity index is 731. The second kappa shape index (κ2) is 6.92. The minimum atomic E-state index is -3.31. The maximum atomic E-state index is 12.2. The molecule has 0 unspecified atom stereocenters. The summed E-state index contributed by atoms with van der Waals surface area (Å²) in [4.78, 5) is 1.10. The summed E-state index contributed by atoms with van der Waals surface area (Å²) in [7, 11) is -3.31. The molecule has 0 radical (unpaired) electrons. The first-order chi connectivity index (χ1) is 9.88. The van der Waals surface area contributed by atoms with Crippen LogP contribution in [-0.2, 0) is 9.84 Å². The Morgan fingerprint density at radius 3 is 2.24 bits per heavy atom. The van der Waals surface area contributed by atoms with E-state index in [1.54, 1.807) is 30.3 Å². The lowest BCUT2D eigenvalue weighted by atomic mass is 10.3. The standard InChI is InChI=1S/C14H13Cl2NO2S2/c15-10-1-4-12(5-2-10)21(18,19)8-7-20-14-6-3-11(16)9-13(14)17/h1-6,9H,7-8,17H2. The van der Waals surface area contributed by atoms with Gasteiger partial charge < -0.3 is 5.73 Å². The molecule has 21 heavy (non-hydrogen) atoms. The average Bonchev–Trinajstić information content (AvgIpc) is 2.41. The summed E-state index contributed by atoms with van der Waals surface area (Å²) in [5, 5.41) is 1.07. The third-order valence-electron chi connectivity index (χ3n) is 2.75. The van der Waals surface area contributed by atoms with Crippen molar-refractivity contribution in [2.45, 2.75) is 9.79 Å². The molecule has 112 valence electrons. The molecule has 3 nitrogen and oxygen atoms in total. The van der Waals surface area contributed by atoms with E-state index in [4.69, 9.17) is 28.9 Å². The van der Waals surface area contributed by atoms with Crippen molar-refractivity contribution in [3.05, 3.63) is 52.5 Å². The minimum Gasteiger partial charge on any atom is -0.398 e. The van der Waals surface area contributed by atoms with Gasteiger partial charge in [0.15, 0.2) is 9.84 Å².